The Labute approximate surface area is 135 Å². The van der Waals surface area contributed by atoms with E-state index in [1.54, 1.807) is 24.3 Å². The number of nitrogens with one attached hydrogen (secondary N) is 1. The number of aliphatic carboxylic acids is 1. The highest BCUT2D eigenvalue weighted by molar-refractivity contribution is 7.89. The van der Waals surface area contributed by atoms with Gasteiger partial charge in [0.1, 0.15) is 0 Å². The summed E-state index contributed by atoms with van der Waals surface area (Å²) in [5.74, 6) is -0.879. The third-order valence-corrected chi connectivity index (χ3v) is 6.63. The van der Waals surface area contributed by atoms with E-state index in [1.165, 1.54) is 7.11 Å². The molecule has 23 heavy (non-hydrogen) atoms. The molecule has 2 aliphatic carbocycles. The van der Waals surface area contributed by atoms with Crippen LogP contribution in [0.15, 0.2) is 29.2 Å². The van der Waals surface area contributed by atoms with Crippen LogP contribution in [0.1, 0.15) is 24.8 Å². The molecule has 4 atom stereocenters. The van der Waals surface area contributed by atoms with Crippen molar-refractivity contribution < 1.29 is 23.1 Å². The lowest BCUT2D eigenvalue weighted by molar-refractivity contribution is -0.143. The summed E-state index contributed by atoms with van der Waals surface area (Å²) in [5, 5.41) is 9.18. The van der Waals surface area contributed by atoms with Crippen molar-refractivity contribution in [3.8, 4) is 0 Å². The van der Waals surface area contributed by atoms with Crippen LogP contribution in [0.25, 0.3) is 0 Å². The molecule has 0 saturated heterocycles. The summed E-state index contributed by atoms with van der Waals surface area (Å²) in [6.45, 7) is 0.231. The Bertz CT molecular complexity index is 702. The van der Waals surface area contributed by atoms with Crippen molar-refractivity contribution in [3.05, 3.63) is 29.8 Å². The number of hydrogen-bond acceptors (Lipinski definition) is 4. The monoisotopic (exact) mass is 339 g/mol. The van der Waals surface area contributed by atoms with Crippen molar-refractivity contribution in [2.75, 3.05) is 7.11 Å². The fraction of sp³-hybridized carbons (Fsp3) is 0.562. The number of benzene rings is 1. The number of hydrogen-bond donors (Lipinski definition) is 2. The van der Waals surface area contributed by atoms with Crippen LogP contribution in [-0.4, -0.2) is 32.6 Å². The minimum Gasteiger partial charge on any atom is -0.481 e. The maximum atomic E-state index is 12.7. The number of methoxy groups -OCH3 is 1. The zero-order valence-corrected chi connectivity index (χ0v) is 13.8. The fourth-order valence-electron chi connectivity index (χ4n) is 4.03. The van der Waals surface area contributed by atoms with Gasteiger partial charge in [-0.3, -0.25) is 4.79 Å². The van der Waals surface area contributed by atoms with Gasteiger partial charge < -0.3 is 9.84 Å². The van der Waals surface area contributed by atoms with Crippen molar-refractivity contribution in [2.24, 2.45) is 17.8 Å². The summed E-state index contributed by atoms with van der Waals surface area (Å²) >= 11 is 0. The predicted molar refractivity (Wildman–Crippen MR) is 83.2 cm³/mol. The molecule has 0 aromatic heterocycles. The number of sulfonamides is 1. The van der Waals surface area contributed by atoms with Crippen LogP contribution < -0.4 is 4.72 Å². The van der Waals surface area contributed by atoms with Crippen LogP contribution in [0.5, 0.6) is 0 Å². The highest BCUT2D eigenvalue weighted by Crippen LogP contribution is 2.48. The van der Waals surface area contributed by atoms with Gasteiger partial charge >= 0.3 is 5.97 Å². The minimum absolute atomic E-state index is 0.0828. The molecule has 6 nitrogen and oxygen atoms in total. The average molecular weight is 339 g/mol. The lowest BCUT2D eigenvalue weighted by Crippen LogP contribution is -2.41. The molecule has 2 N–H and O–H groups in total. The van der Waals surface area contributed by atoms with E-state index in [0.717, 1.165) is 6.42 Å². The molecule has 1 aromatic carbocycles. The van der Waals surface area contributed by atoms with Gasteiger partial charge in [0.05, 0.1) is 17.4 Å². The van der Waals surface area contributed by atoms with E-state index in [0.29, 0.717) is 18.4 Å². The van der Waals surface area contributed by atoms with Gasteiger partial charge in [-0.1, -0.05) is 18.2 Å². The topological polar surface area (TPSA) is 92.7 Å². The molecule has 0 unspecified atom stereocenters. The number of carboxylic acid groups (broad SMARTS) is 1. The third kappa shape index (κ3) is 3.13. The molecule has 0 amide bonds. The molecule has 0 aliphatic heterocycles. The van der Waals surface area contributed by atoms with E-state index < -0.39 is 16.0 Å². The van der Waals surface area contributed by atoms with Crippen molar-refractivity contribution >= 4 is 16.0 Å². The molecule has 7 heteroatoms. The van der Waals surface area contributed by atoms with Gasteiger partial charge in [-0.2, -0.15) is 0 Å². The quantitative estimate of drug-likeness (QED) is 0.821. The number of ether oxygens (including phenoxy) is 1. The van der Waals surface area contributed by atoms with Crippen molar-refractivity contribution in [3.63, 3.8) is 0 Å². The van der Waals surface area contributed by atoms with Crippen molar-refractivity contribution in [1.29, 1.82) is 0 Å². The smallest absolute Gasteiger partial charge is 0.306 e. The molecule has 2 fully saturated rings. The standard InChI is InChI=1S/C16H21NO5S/c1-22-9-10-4-2-3-5-15(10)23(20,21)17-14-8-11-6-12(14)7-13(11)16(18)19/h2-5,11-14,17H,6-9H2,1H3,(H,18,19)/t11-,12-,13-,14-/m1/s1. The molecule has 3 rings (SSSR count). The Morgan fingerprint density at radius 2 is 2.00 bits per heavy atom. The predicted octanol–water partition coefficient (Wildman–Crippen LogP) is 1.61. The van der Waals surface area contributed by atoms with Crippen molar-refractivity contribution in [2.45, 2.75) is 36.8 Å². The fourth-order valence-corrected chi connectivity index (χ4v) is 5.57. The lowest BCUT2D eigenvalue weighted by Gasteiger charge is -2.26. The maximum Gasteiger partial charge on any atom is 0.306 e. The SMILES string of the molecule is COCc1ccccc1S(=O)(=O)N[C@@H]1C[C@H]2C[C@@H]1C[C@H]2C(=O)O. The van der Waals surface area contributed by atoms with Crippen LogP contribution >= 0.6 is 0 Å². The summed E-state index contributed by atoms with van der Waals surface area (Å²) in [6, 6.07) is 6.61. The van der Waals surface area contributed by atoms with Gasteiger partial charge in [0.15, 0.2) is 0 Å². The summed E-state index contributed by atoms with van der Waals surface area (Å²) in [4.78, 5) is 11.4. The normalized spacial score (nSPS) is 29.8. The molecule has 2 aliphatic rings. The third-order valence-electron chi connectivity index (χ3n) is 5.04. The second kappa shape index (κ2) is 6.22. The summed E-state index contributed by atoms with van der Waals surface area (Å²) in [5.41, 5.74) is 0.620. The molecule has 1 aromatic rings. The first-order chi connectivity index (χ1) is 10.9. The number of carboxylic acids is 1. The zero-order chi connectivity index (χ0) is 16.6. The first kappa shape index (κ1) is 16.4. The lowest BCUT2D eigenvalue weighted by atomic mass is 9.86. The Kier molecular flexibility index (Phi) is 4.44. The summed E-state index contributed by atoms with van der Waals surface area (Å²) in [7, 11) is -2.11. The van der Waals surface area contributed by atoms with Crippen LogP contribution in [0.4, 0.5) is 0 Å². The molecular weight excluding hydrogens is 318 g/mol. The van der Waals surface area contributed by atoms with Crippen LogP contribution in [0.3, 0.4) is 0 Å². The van der Waals surface area contributed by atoms with Gasteiger partial charge in [0.2, 0.25) is 10.0 Å². The molecule has 0 spiro atoms. The summed E-state index contributed by atoms with van der Waals surface area (Å²) in [6.07, 6.45) is 1.96. The molecule has 2 bridgehead atoms. The largest absolute Gasteiger partial charge is 0.481 e. The van der Waals surface area contributed by atoms with E-state index in [1.807, 2.05) is 0 Å². The van der Waals surface area contributed by atoms with Crippen LogP contribution in [0, 0.1) is 17.8 Å². The maximum absolute atomic E-state index is 12.7. The van der Waals surface area contributed by atoms with Gasteiger partial charge in [-0.05, 0) is 42.7 Å². The number of carbonyl (C=O) groups is 1. The van der Waals surface area contributed by atoms with Gasteiger partial charge in [0.25, 0.3) is 0 Å². The van der Waals surface area contributed by atoms with E-state index in [4.69, 9.17) is 4.74 Å². The Morgan fingerprint density at radius 1 is 1.26 bits per heavy atom. The van der Waals surface area contributed by atoms with Crippen LogP contribution in [-0.2, 0) is 26.2 Å². The summed E-state index contributed by atoms with van der Waals surface area (Å²) < 4.78 is 33.2. The molecule has 0 radical (unpaired) electrons. The average Bonchev–Trinajstić information content (AvgIpc) is 3.07. The number of fused-ring (bicyclic) bond motifs is 2. The molecule has 0 heterocycles. The second-order valence-corrected chi connectivity index (χ2v) is 8.12. The van der Waals surface area contributed by atoms with E-state index in [-0.39, 0.29) is 35.3 Å². The molecule has 126 valence electrons. The van der Waals surface area contributed by atoms with Crippen LogP contribution in [0.2, 0.25) is 0 Å². The Balaban J connectivity index is 1.75. The highest BCUT2D eigenvalue weighted by atomic mass is 32.2. The Morgan fingerprint density at radius 3 is 2.61 bits per heavy atom. The van der Waals surface area contributed by atoms with Gasteiger partial charge in [-0.25, -0.2) is 13.1 Å². The van der Waals surface area contributed by atoms with Gasteiger partial charge in [0, 0.05) is 13.2 Å². The van der Waals surface area contributed by atoms with E-state index >= 15 is 0 Å². The molecular formula is C16H21NO5S. The van der Waals surface area contributed by atoms with E-state index in [9.17, 15) is 18.3 Å². The van der Waals surface area contributed by atoms with E-state index in [2.05, 4.69) is 4.72 Å². The second-order valence-electron chi connectivity index (χ2n) is 6.44. The highest BCUT2D eigenvalue weighted by Gasteiger charge is 2.49. The molecule has 2 saturated carbocycles. The first-order valence-electron chi connectivity index (χ1n) is 7.74. The minimum atomic E-state index is -3.63. The first-order valence-corrected chi connectivity index (χ1v) is 9.22. The Hall–Kier alpha value is -1.44. The zero-order valence-electron chi connectivity index (χ0n) is 12.9. The van der Waals surface area contributed by atoms with Crippen molar-refractivity contribution in [1.82, 2.24) is 4.72 Å². The number of rotatable bonds is 6. The van der Waals surface area contributed by atoms with Gasteiger partial charge in [-0.15, -0.1) is 0 Å².